The molecule has 0 saturated heterocycles. The molecule has 0 aromatic carbocycles. The first-order valence-electron chi connectivity index (χ1n) is 9.48. The zero-order valence-electron chi connectivity index (χ0n) is 14.8. The summed E-state index contributed by atoms with van der Waals surface area (Å²) in [5.74, 6) is -0.324. The van der Waals surface area contributed by atoms with Gasteiger partial charge in [0.05, 0.1) is 17.6 Å². The van der Waals surface area contributed by atoms with Crippen molar-refractivity contribution in [3.05, 3.63) is 11.6 Å². The van der Waals surface area contributed by atoms with Gasteiger partial charge in [-0.05, 0) is 74.5 Å². The first-order chi connectivity index (χ1) is 11.2. The number of aliphatic hydroxyl groups is 2. The predicted octanol–water partition coefficient (Wildman–Crippen LogP) is 3.13. The molecule has 2 bridgehead atoms. The Hall–Kier alpha value is -0.870. The average Bonchev–Trinajstić information content (AvgIpc) is 2.73. The van der Waals surface area contributed by atoms with E-state index in [0.29, 0.717) is 6.42 Å². The molecule has 0 heterocycles. The molecule has 0 aliphatic heterocycles. The molecule has 4 aliphatic rings. The highest BCUT2D eigenvalue weighted by molar-refractivity contribution is 5.75. The fourth-order valence-corrected chi connectivity index (χ4v) is 7.31. The van der Waals surface area contributed by atoms with E-state index in [9.17, 15) is 20.1 Å². The van der Waals surface area contributed by atoms with Crippen molar-refractivity contribution in [2.45, 2.75) is 70.8 Å². The highest BCUT2D eigenvalue weighted by Crippen LogP contribution is 2.71. The molecule has 24 heavy (non-hydrogen) atoms. The number of allylic oxidation sites excluding steroid dienone is 2. The number of hydrogen-bond donors (Lipinski definition) is 3. The lowest BCUT2D eigenvalue weighted by atomic mass is 9.44. The van der Waals surface area contributed by atoms with Gasteiger partial charge in [-0.3, -0.25) is 4.79 Å². The van der Waals surface area contributed by atoms with Crippen LogP contribution in [0.3, 0.4) is 0 Å². The normalized spacial score (nSPS) is 53.1. The minimum absolute atomic E-state index is 0.0115. The summed E-state index contributed by atoms with van der Waals surface area (Å²) < 4.78 is 0. The lowest BCUT2D eigenvalue weighted by Gasteiger charge is -2.60. The third kappa shape index (κ3) is 1.84. The topological polar surface area (TPSA) is 77.8 Å². The molecule has 0 amide bonds. The minimum atomic E-state index is -0.952. The number of hydrogen-bond acceptors (Lipinski definition) is 3. The second kappa shape index (κ2) is 4.85. The summed E-state index contributed by atoms with van der Waals surface area (Å²) in [6.45, 7) is 4.06. The summed E-state index contributed by atoms with van der Waals surface area (Å²) >= 11 is 0. The highest BCUT2D eigenvalue weighted by atomic mass is 16.4. The Morgan fingerprint density at radius 1 is 1.29 bits per heavy atom. The van der Waals surface area contributed by atoms with Gasteiger partial charge >= 0.3 is 5.97 Å². The van der Waals surface area contributed by atoms with E-state index in [-0.39, 0.29) is 29.3 Å². The molecular formula is C20H30O4. The largest absolute Gasteiger partial charge is 0.481 e. The summed E-state index contributed by atoms with van der Waals surface area (Å²) in [5, 5.41) is 30.6. The van der Waals surface area contributed by atoms with Crippen molar-refractivity contribution < 1.29 is 20.1 Å². The SMILES string of the molecule is C[C@@]1(C(=O)O)CCC[C@@]2(C)C3=CC[C@H]4C[C@@]3(CC[C@H]12)CC4(O)CO. The van der Waals surface area contributed by atoms with Crippen molar-refractivity contribution in [1.29, 1.82) is 0 Å². The van der Waals surface area contributed by atoms with Crippen molar-refractivity contribution >= 4 is 5.97 Å². The summed E-state index contributed by atoms with van der Waals surface area (Å²) in [7, 11) is 0. The number of carboxylic acids is 1. The van der Waals surface area contributed by atoms with Crippen LogP contribution in [0.2, 0.25) is 0 Å². The van der Waals surface area contributed by atoms with Gasteiger partial charge in [-0.25, -0.2) is 0 Å². The Labute approximate surface area is 144 Å². The number of carboxylic acid groups (broad SMARTS) is 1. The van der Waals surface area contributed by atoms with E-state index in [1.807, 2.05) is 6.92 Å². The Bertz CT molecular complexity index is 613. The first-order valence-corrected chi connectivity index (χ1v) is 9.48. The lowest BCUT2D eigenvalue weighted by molar-refractivity contribution is -0.161. The smallest absolute Gasteiger partial charge is 0.309 e. The second-order valence-corrected chi connectivity index (χ2v) is 9.56. The Morgan fingerprint density at radius 3 is 2.71 bits per heavy atom. The standard InChI is InChI=1S/C20H30O4/c1-17-7-3-8-18(2,16(22)23)14(17)6-9-19-10-13(4-5-15(17)19)20(24,11-19)12-21/h5,13-14,21,24H,3-4,6-12H2,1-2H3,(H,22,23)/t13-,14-,17+,18+,19-,20?/m0/s1. The third-order valence-corrected chi connectivity index (χ3v) is 8.44. The van der Waals surface area contributed by atoms with Gasteiger partial charge in [0.2, 0.25) is 0 Å². The number of fused-ring (bicyclic) bond motifs is 3. The van der Waals surface area contributed by atoms with E-state index < -0.39 is 17.0 Å². The van der Waals surface area contributed by atoms with Crippen LogP contribution in [0.25, 0.3) is 0 Å². The Kier molecular flexibility index (Phi) is 3.35. The van der Waals surface area contributed by atoms with E-state index in [1.165, 1.54) is 5.57 Å². The van der Waals surface area contributed by atoms with Crippen molar-refractivity contribution in [3.63, 3.8) is 0 Å². The van der Waals surface area contributed by atoms with E-state index >= 15 is 0 Å². The first kappa shape index (κ1) is 16.6. The van der Waals surface area contributed by atoms with Crippen molar-refractivity contribution in [3.8, 4) is 0 Å². The van der Waals surface area contributed by atoms with Crippen molar-refractivity contribution in [2.24, 2.45) is 28.1 Å². The maximum atomic E-state index is 12.0. The van der Waals surface area contributed by atoms with E-state index in [1.54, 1.807) is 0 Å². The fourth-order valence-electron chi connectivity index (χ4n) is 7.31. The van der Waals surface area contributed by atoms with Gasteiger partial charge in [-0.2, -0.15) is 0 Å². The summed E-state index contributed by atoms with van der Waals surface area (Å²) in [4.78, 5) is 12.0. The van der Waals surface area contributed by atoms with Gasteiger partial charge in [-0.15, -0.1) is 0 Å². The minimum Gasteiger partial charge on any atom is -0.481 e. The van der Waals surface area contributed by atoms with Crippen molar-refractivity contribution in [1.82, 2.24) is 0 Å². The Morgan fingerprint density at radius 2 is 2.04 bits per heavy atom. The molecule has 4 rings (SSSR count). The summed E-state index contributed by atoms with van der Waals surface area (Å²) in [6.07, 6.45) is 9.41. The molecule has 134 valence electrons. The molecule has 3 saturated carbocycles. The molecule has 1 unspecified atom stereocenters. The number of carbonyl (C=O) groups is 1. The van der Waals surface area contributed by atoms with Crippen LogP contribution in [-0.4, -0.2) is 33.5 Å². The molecule has 0 aromatic heterocycles. The van der Waals surface area contributed by atoms with Gasteiger partial charge in [0.15, 0.2) is 0 Å². The van der Waals surface area contributed by atoms with Crippen LogP contribution in [0.5, 0.6) is 0 Å². The van der Waals surface area contributed by atoms with Gasteiger partial charge in [0.1, 0.15) is 0 Å². The molecule has 4 heteroatoms. The molecule has 4 aliphatic carbocycles. The van der Waals surface area contributed by atoms with Crippen LogP contribution < -0.4 is 0 Å². The zero-order valence-corrected chi connectivity index (χ0v) is 14.8. The molecule has 0 aromatic rings. The van der Waals surface area contributed by atoms with Crippen LogP contribution in [0.1, 0.15) is 65.2 Å². The number of rotatable bonds is 2. The van der Waals surface area contributed by atoms with Gasteiger partial charge in [0, 0.05) is 0 Å². The van der Waals surface area contributed by atoms with Crippen LogP contribution in [0.4, 0.5) is 0 Å². The molecule has 6 atom stereocenters. The lowest BCUT2D eigenvalue weighted by Crippen LogP contribution is -2.54. The second-order valence-electron chi connectivity index (χ2n) is 9.56. The van der Waals surface area contributed by atoms with Crippen molar-refractivity contribution in [2.75, 3.05) is 6.61 Å². The Balaban J connectivity index is 1.77. The summed E-state index contributed by atoms with van der Waals surface area (Å²) in [6, 6.07) is 0. The van der Waals surface area contributed by atoms with E-state index in [0.717, 1.165) is 44.9 Å². The van der Waals surface area contributed by atoms with Crippen LogP contribution in [0.15, 0.2) is 11.6 Å². The van der Waals surface area contributed by atoms with E-state index in [4.69, 9.17) is 0 Å². The molecule has 3 N–H and O–H groups in total. The number of aliphatic hydroxyl groups excluding tert-OH is 1. The van der Waals surface area contributed by atoms with Gasteiger partial charge in [-0.1, -0.05) is 25.0 Å². The highest BCUT2D eigenvalue weighted by Gasteiger charge is 2.65. The zero-order chi connectivity index (χ0) is 17.4. The third-order valence-electron chi connectivity index (χ3n) is 8.44. The van der Waals surface area contributed by atoms with Gasteiger partial charge < -0.3 is 15.3 Å². The van der Waals surface area contributed by atoms with Crippen LogP contribution in [-0.2, 0) is 4.79 Å². The van der Waals surface area contributed by atoms with Gasteiger partial charge in [0.25, 0.3) is 0 Å². The van der Waals surface area contributed by atoms with E-state index in [2.05, 4.69) is 13.0 Å². The fraction of sp³-hybridized carbons (Fsp3) is 0.850. The average molecular weight is 334 g/mol. The summed E-state index contributed by atoms with van der Waals surface area (Å²) in [5.41, 5.74) is -0.263. The quantitative estimate of drug-likeness (QED) is 0.678. The molecular weight excluding hydrogens is 304 g/mol. The number of aliphatic carboxylic acids is 1. The van der Waals surface area contributed by atoms with Crippen LogP contribution in [0, 0.1) is 28.1 Å². The molecule has 0 radical (unpaired) electrons. The molecule has 4 nitrogen and oxygen atoms in total. The molecule has 3 fully saturated rings. The molecule has 1 spiro atoms. The monoisotopic (exact) mass is 334 g/mol. The predicted molar refractivity (Wildman–Crippen MR) is 90.3 cm³/mol. The maximum Gasteiger partial charge on any atom is 0.309 e. The maximum absolute atomic E-state index is 12.0. The van der Waals surface area contributed by atoms with Crippen LogP contribution >= 0.6 is 0 Å².